The lowest BCUT2D eigenvalue weighted by Gasteiger charge is -2.16. The fraction of sp³-hybridized carbons (Fsp3) is 0.0588. The number of aromatic nitrogens is 1. The number of carboxylic acid groups (broad SMARTS) is 1. The van der Waals surface area contributed by atoms with E-state index in [4.69, 9.17) is 0 Å². The molecule has 0 radical (unpaired) electrons. The Morgan fingerprint density at radius 3 is 2.52 bits per heavy atom. The van der Waals surface area contributed by atoms with E-state index in [9.17, 15) is 28.2 Å². The van der Waals surface area contributed by atoms with Gasteiger partial charge in [-0.25, -0.2) is 4.79 Å². The molecule has 3 aromatic rings. The molecule has 0 bridgehead atoms. The zero-order valence-corrected chi connectivity index (χ0v) is 12.5. The summed E-state index contributed by atoms with van der Waals surface area (Å²) >= 11 is 0. The number of anilines is 2. The van der Waals surface area contributed by atoms with Crippen LogP contribution in [0.4, 0.5) is 24.5 Å². The third-order valence-electron chi connectivity index (χ3n) is 3.54. The van der Waals surface area contributed by atoms with Crippen LogP contribution >= 0.6 is 0 Å². The molecule has 25 heavy (non-hydrogen) atoms. The molecule has 0 unspecified atom stereocenters. The fourth-order valence-corrected chi connectivity index (χ4v) is 2.47. The van der Waals surface area contributed by atoms with Crippen molar-refractivity contribution >= 4 is 28.2 Å². The van der Waals surface area contributed by atoms with Crippen molar-refractivity contribution in [1.29, 1.82) is 0 Å². The van der Waals surface area contributed by atoms with Gasteiger partial charge < -0.3 is 15.5 Å². The summed E-state index contributed by atoms with van der Waals surface area (Å²) in [5, 5.41) is 23.5. The second-order valence-electron chi connectivity index (χ2n) is 5.20. The summed E-state index contributed by atoms with van der Waals surface area (Å²) in [6, 6.07) is 8.86. The first-order chi connectivity index (χ1) is 11.8. The first-order valence-corrected chi connectivity index (χ1v) is 7.03. The average molecular weight is 347 g/mol. The highest BCUT2D eigenvalue weighted by Crippen LogP contribution is 2.37. The van der Waals surface area contributed by atoms with Crippen molar-refractivity contribution in [2.75, 3.05) is 5.32 Å². The molecular formula is C17H10F3N2O3-. The average Bonchev–Trinajstić information content (AvgIpc) is 2.53. The molecule has 0 atom stereocenters. The SMILES string of the molecule is O=C(O)c1cnc2c(C(F)(F)F)cccc2c1Nc1cccc([O-])c1. The predicted octanol–water partition coefficient (Wildman–Crippen LogP) is 3.77. The number of carbonyl (C=O) groups is 1. The van der Waals surface area contributed by atoms with Crippen molar-refractivity contribution in [3.8, 4) is 5.75 Å². The molecule has 128 valence electrons. The maximum atomic E-state index is 13.2. The van der Waals surface area contributed by atoms with Gasteiger partial charge >= 0.3 is 12.1 Å². The van der Waals surface area contributed by atoms with Crippen LogP contribution in [0.3, 0.4) is 0 Å². The molecule has 2 aromatic carbocycles. The number of nitrogens with one attached hydrogen (secondary N) is 1. The van der Waals surface area contributed by atoms with Crippen LogP contribution < -0.4 is 10.4 Å². The van der Waals surface area contributed by atoms with Gasteiger partial charge in [0.05, 0.1) is 16.8 Å². The highest BCUT2D eigenvalue weighted by atomic mass is 19.4. The number of hydrogen-bond donors (Lipinski definition) is 2. The van der Waals surface area contributed by atoms with Crippen molar-refractivity contribution < 1.29 is 28.2 Å². The number of aromatic carboxylic acids is 1. The largest absolute Gasteiger partial charge is 0.872 e. The smallest absolute Gasteiger partial charge is 0.418 e. The highest BCUT2D eigenvalue weighted by molar-refractivity contribution is 6.06. The maximum absolute atomic E-state index is 13.2. The topological polar surface area (TPSA) is 85.3 Å². The summed E-state index contributed by atoms with van der Waals surface area (Å²) in [6.07, 6.45) is -3.77. The fourth-order valence-electron chi connectivity index (χ4n) is 2.47. The van der Waals surface area contributed by atoms with Gasteiger partial charge in [-0.1, -0.05) is 24.3 Å². The van der Waals surface area contributed by atoms with Crippen LogP contribution in [-0.2, 0) is 6.18 Å². The molecule has 0 fully saturated rings. The Hall–Kier alpha value is -3.29. The van der Waals surface area contributed by atoms with Gasteiger partial charge in [0.25, 0.3) is 0 Å². The number of hydrogen-bond acceptors (Lipinski definition) is 4. The molecule has 1 heterocycles. The third-order valence-corrected chi connectivity index (χ3v) is 3.54. The maximum Gasteiger partial charge on any atom is 0.418 e. The molecule has 8 heteroatoms. The standard InChI is InChI=1S/C17H11F3N2O3/c18-17(19,20)13-6-2-5-11-14(12(16(24)25)8-21-15(11)13)22-9-3-1-4-10(23)7-9/h1-8,23H,(H,21,22)(H,24,25)/p-1. The molecule has 0 amide bonds. The summed E-state index contributed by atoms with van der Waals surface area (Å²) in [6.45, 7) is 0. The number of pyridine rings is 1. The molecule has 0 aliphatic rings. The number of rotatable bonds is 3. The number of alkyl halides is 3. The second-order valence-corrected chi connectivity index (χ2v) is 5.20. The molecule has 3 rings (SSSR count). The van der Waals surface area contributed by atoms with Crippen molar-refractivity contribution in [3.63, 3.8) is 0 Å². The van der Waals surface area contributed by atoms with E-state index in [1.807, 2.05) is 0 Å². The van der Waals surface area contributed by atoms with E-state index in [-0.39, 0.29) is 33.6 Å². The third kappa shape index (κ3) is 3.18. The molecule has 1 aromatic heterocycles. The van der Waals surface area contributed by atoms with Crippen molar-refractivity contribution in [3.05, 3.63) is 59.8 Å². The predicted molar refractivity (Wildman–Crippen MR) is 82.9 cm³/mol. The minimum atomic E-state index is -4.64. The van der Waals surface area contributed by atoms with Gasteiger partial charge in [0.15, 0.2) is 0 Å². The first-order valence-electron chi connectivity index (χ1n) is 7.03. The zero-order chi connectivity index (χ0) is 18.2. The normalized spacial score (nSPS) is 11.5. The Kier molecular flexibility index (Phi) is 3.96. The minimum absolute atomic E-state index is 0.00831. The van der Waals surface area contributed by atoms with Crippen LogP contribution in [0.15, 0.2) is 48.7 Å². The highest BCUT2D eigenvalue weighted by Gasteiger charge is 2.33. The van der Waals surface area contributed by atoms with Crippen LogP contribution in [0, 0.1) is 0 Å². The Bertz CT molecular complexity index is 971. The van der Waals surface area contributed by atoms with Crippen LogP contribution in [-0.4, -0.2) is 16.1 Å². The molecule has 2 N–H and O–H groups in total. The number of fused-ring (bicyclic) bond motifs is 1. The lowest BCUT2D eigenvalue weighted by atomic mass is 10.0. The van der Waals surface area contributed by atoms with E-state index in [2.05, 4.69) is 10.3 Å². The van der Waals surface area contributed by atoms with E-state index in [1.165, 1.54) is 36.4 Å². The second kappa shape index (κ2) is 5.97. The summed E-state index contributed by atoms with van der Waals surface area (Å²) < 4.78 is 39.5. The molecule has 0 aliphatic carbocycles. The molecule has 0 aliphatic heterocycles. The summed E-state index contributed by atoms with van der Waals surface area (Å²) in [4.78, 5) is 15.1. The van der Waals surface area contributed by atoms with Gasteiger partial charge in [0.1, 0.15) is 5.56 Å². The van der Waals surface area contributed by atoms with Crippen LogP contribution in [0.1, 0.15) is 15.9 Å². The molecule has 0 saturated carbocycles. The monoisotopic (exact) mass is 347 g/mol. The number of benzene rings is 2. The van der Waals surface area contributed by atoms with Crippen molar-refractivity contribution in [1.82, 2.24) is 4.98 Å². The van der Waals surface area contributed by atoms with E-state index < -0.39 is 17.7 Å². The lowest BCUT2D eigenvalue weighted by molar-refractivity contribution is -0.268. The van der Waals surface area contributed by atoms with Gasteiger partial charge in [-0.2, -0.15) is 13.2 Å². The summed E-state index contributed by atoms with van der Waals surface area (Å²) in [5.74, 6) is -1.68. The minimum Gasteiger partial charge on any atom is -0.872 e. The van der Waals surface area contributed by atoms with Crippen LogP contribution in [0.25, 0.3) is 10.9 Å². The quantitative estimate of drug-likeness (QED) is 0.753. The van der Waals surface area contributed by atoms with Crippen LogP contribution in [0.2, 0.25) is 0 Å². The number of halogens is 3. The number of para-hydroxylation sites is 1. The van der Waals surface area contributed by atoms with Gasteiger partial charge in [0.2, 0.25) is 0 Å². The molecule has 0 saturated heterocycles. The van der Waals surface area contributed by atoms with Gasteiger partial charge in [-0.15, -0.1) is 5.75 Å². The van der Waals surface area contributed by atoms with E-state index in [0.717, 1.165) is 12.3 Å². The first kappa shape index (κ1) is 16.6. The molecule has 5 nitrogen and oxygen atoms in total. The zero-order valence-electron chi connectivity index (χ0n) is 12.5. The van der Waals surface area contributed by atoms with Crippen molar-refractivity contribution in [2.45, 2.75) is 6.18 Å². The van der Waals surface area contributed by atoms with E-state index >= 15 is 0 Å². The lowest BCUT2D eigenvalue weighted by Crippen LogP contribution is -2.09. The Balaban J connectivity index is 2.27. The Morgan fingerprint density at radius 2 is 1.88 bits per heavy atom. The van der Waals surface area contributed by atoms with Crippen molar-refractivity contribution in [2.24, 2.45) is 0 Å². The number of nitrogens with zero attached hydrogens (tertiary/aromatic N) is 1. The van der Waals surface area contributed by atoms with Gasteiger partial charge in [-0.3, -0.25) is 4.98 Å². The Morgan fingerprint density at radius 1 is 1.16 bits per heavy atom. The van der Waals surface area contributed by atoms with E-state index in [0.29, 0.717) is 0 Å². The summed E-state index contributed by atoms with van der Waals surface area (Å²) in [5.41, 5.74) is -1.44. The number of carboxylic acids is 1. The van der Waals surface area contributed by atoms with Gasteiger partial charge in [0, 0.05) is 17.3 Å². The Labute approximate surface area is 139 Å². The van der Waals surface area contributed by atoms with Gasteiger partial charge in [-0.05, 0) is 18.2 Å². The van der Waals surface area contributed by atoms with E-state index in [1.54, 1.807) is 0 Å². The summed E-state index contributed by atoms with van der Waals surface area (Å²) in [7, 11) is 0. The molecule has 0 spiro atoms. The van der Waals surface area contributed by atoms with Crippen LogP contribution in [0.5, 0.6) is 5.75 Å². The molecular weight excluding hydrogens is 337 g/mol.